The van der Waals surface area contributed by atoms with Gasteiger partial charge in [-0.2, -0.15) is 0 Å². The van der Waals surface area contributed by atoms with Crippen LogP contribution in [0.3, 0.4) is 0 Å². The first kappa shape index (κ1) is 14.7. The van der Waals surface area contributed by atoms with E-state index in [0.717, 1.165) is 18.4 Å². The Balaban J connectivity index is 5.17. The van der Waals surface area contributed by atoms with Gasteiger partial charge in [0.25, 0.3) is 0 Å². The minimum Gasteiger partial charge on any atom is -0.385 e. The first-order chi connectivity index (χ1) is 6.53. The fourth-order valence-corrected chi connectivity index (χ4v) is 1.72. The molecule has 1 nitrogen and oxygen atoms in total. The van der Waals surface area contributed by atoms with Crippen molar-refractivity contribution >= 4 is 0 Å². The Bertz CT molecular complexity index is 226. The monoisotopic (exact) mass is 212 g/mol. The summed E-state index contributed by atoms with van der Waals surface area (Å²) in [5, 5.41) is 10.6. The summed E-state index contributed by atoms with van der Waals surface area (Å²) in [4.78, 5) is 0. The normalized spacial score (nSPS) is 17.3. The average molecular weight is 212 g/mol. The summed E-state index contributed by atoms with van der Waals surface area (Å²) in [5.74, 6) is 0. The van der Waals surface area contributed by atoms with Crippen molar-refractivity contribution in [1.29, 1.82) is 0 Å². The third kappa shape index (κ3) is 2.63. The van der Waals surface area contributed by atoms with Crippen molar-refractivity contribution in [3.8, 4) is 0 Å². The lowest BCUT2D eigenvalue weighted by Crippen LogP contribution is -2.46. The van der Waals surface area contributed by atoms with E-state index in [4.69, 9.17) is 0 Å². The highest BCUT2D eigenvalue weighted by atomic mass is 16.3. The van der Waals surface area contributed by atoms with E-state index in [2.05, 4.69) is 48.1 Å². The van der Waals surface area contributed by atoms with Crippen LogP contribution >= 0.6 is 0 Å². The van der Waals surface area contributed by atoms with Crippen LogP contribution < -0.4 is 0 Å². The summed E-state index contributed by atoms with van der Waals surface area (Å²) in [5.41, 5.74) is 0.0211. The van der Waals surface area contributed by atoms with Crippen molar-refractivity contribution < 1.29 is 5.11 Å². The molecule has 0 aromatic carbocycles. The molecule has 0 fully saturated rings. The van der Waals surface area contributed by atoms with Crippen LogP contribution in [0.1, 0.15) is 61.3 Å². The Morgan fingerprint density at radius 3 is 1.53 bits per heavy atom. The number of rotatable bonds is 4. The van der Waals surface area contributed by atoms with Crippen molar-refractivity contribution in [1.82, 2.24) is 0 Å². The quantitative estimate of drug-likeness (QED) is 0.694. The summed E-state index contributed by atoms with van der Waals surface area (Å²) in [6.45, 7) is 18.7. The van der Waals surface area contributed by atoms with E-state index < -0.39 is 5.60 Å². The lowest BCUT2D eigenvalue weighted by atomic mass is 9.63. The van der Waals surface area contributed by atoms with E-state index in [9.17, 15) is 5.11 Å². The maximum atomic E-state index is 10.6. The van der Waals surface area contributed by atoms with Gasteiger partial charge in [0, 0.05) is 0 Å². The zero-order chi connectivity index (χ0) is 12.5. The van der Waals surface area contributed by atoms with Crippen LogP contribution in [-0.4, -0.2) is 10.7 Å². The molecule has 1 atom stereocenters. The Kier molecular flexibility index (Phi) is 4.20. The van der Waals surface area contributed by atoms with Gasteiger partial charge in [0.15, 0.2) is 0 Å². The molecule has 0 saturated carbocycles. The highest BCUT2D eigenvalue weighted by Crippen LogP contribution is 2.46. The molecule has 0 aromatic rings. The van der Waals surface area contributed by atoms with Gasteiger partial charge in [-0.25, -0.2) is 0 Å². The molecule has 0 aromatic heterocycles. The second kappa shape index (κ2) is 4.29. The highest BCUT2D eigenvalue weighted by molar-refractivity contribution is 5.22. The highest BCUT2D eigenvalue weighted by Gasteiger charge is 2.43. The van der Waals surface area contributed by atoms with Crippen molar-refractivity contribution in [3.05, 3.63) is 12.2 Å². The number of aliphatic hydroxyl groups is 1. The van der Waals surface area contributed by atoms with Crippen LogP contribution in [0, 0.1) is 10.8 Å². The van der Waals surface area contributed by atoms with Gasteiger partial charge in [0.1, 0.15) is 0 Å². The lowest BCUT2D eigenvalue weighted by Gasteiger charge is -2.45. The van der Waals surface area contributed by atoms with Crippen LogP contribution in [0.2, 0.25) is 0 Å². The number of hydrogen-bond acceptors (Lipinski definition) is 1. The molecule has 0 aliphatic carbocycles. The first-order valence-electron chi connectivity index (χ1n) is 5.95. The summed E-state index contributed by atoms with van der Waals surface area (Å²) in [7, 11) is 0. The fraction of sp³-hybridized carbons (Fsp3) is 0.857. The second-order valence-electron chi connectivity index (χ2n) is 6.07. The molecule has 1 N–H and O–H groups in total. The minimum atomic E-state index is -0.812. The Morgan fingerprint density at radius 2 is 1.33 bits per heavy atom. The van der Waals surface area contributed by atoms with Crippen LogP contribution in [0.4, 0.5) is 0 Å². The van der Waals surface area contributed by atoms with Gasteiger partial charge in [-0.15, -0.1) is 0 Å². The molecule has 1 heteroatoms. The molecule has 0 saturated heterocycles. The third-order valence-corrected chi connectivity index (χ3v) is 4.34. The molecule has 1 unspecified atom stereocenters. The van der Waals surface area contributed by atoms with Crippen LogP contribution in [0.25, 0.3) is 0 Å². The van der Waals surface area contributed by atoms with Crippen molar-refractivity contribution in [3.63, 3.8) is 0 Å². The molecule has 0 amide bonds. The van der Waals surface area contributed by atoms with Crippen molar-refractivity contribution in [2.75, 3.05) is 0 Å². The Labute approximate surface area is 95.6 Å². The molecule has 0 radical (unpaired) electrons. The second-order valence-corrected chi connectivity index (χ2v) is 6.07. The van der Waals surface area contributed by atoms with Gasteiger partial charge in [0.2, 0.25) is 0 Å². The van der Waals surface area contributed by atoms with Crippen LogP contribution in [0.5, 0.6) is 0 Å². The molecule has 0 spiro atoms. The summed E-state index contributed by atoms with van der Waals surface area (Å²) in [6.07, 6.45) is 2.04. The fourth-order valence-electron chi connectivity index (χ4n) is 1.72. The van der Waals surface area contributed by atoms with E-state index in [0.29, 0.717) is 0 Å². The summed E-state index contributed by atoms with van der Waals surface area (Å²) < 4.78 is 0. The zero-order valence-corrected chi connectivity index (χ0v) is 11.6. The van der Waals surface area contributed by atoms with E-state index in [1.54, 1.807) is 0 Å². The summed E-state index contributed by atoms with van der Waals surface area (Å²) in [6, 6.07) is 0. The lowest BCUT2D eigenvalue weighted by molar-refractivity contribution is -0.0247. The van der Waals surface area contributed by atoms with Crippen molar-refractivity contribution in [2.45, 2.75) is 66.9 Å². The van der Waals surface area contributed by atoms with Gasteiger partial charge in [-0.1, -0.05) is 48.1 Å². The molecule has 15 heavy (non-hydrogen) atoms. The van der Waals surface area contributed by atoms with E-state index >= 15 is 0 Å². The maximum absolute atomic E-state index is 10.6. The van der Waals surface area contributed by atoms with Gasteiger partial charge in [-0.3, -0.25) is 0 Å². The SMILES string of the molecule is C=C(C(C)(CC)CC)C(C)(O)C(C)(C)C. The molecule has 0 rings (SSSR count). The summed E-state index contributed by atoms with van der Waals surface area (Å²) >= 11 is 0. The van der Waals surface area contributed by atoms with Crippen molar-refractivity contribution in [2.24, 2.45) is 10.8 Å². The molecule has 90 valence electrons. The average Bonchev–Trinajstić information content (AvgIpc) is 2.13. The molecule has 0 heterocycles. The van der Waals surface area contributed by atoms with Crippen LogP contribution in [-0.2, 0) is 0 Å². The topological polar surface area (TPSA) is 20.2 Å². The van der Waals surface area contributed by atoms with Gasteiger partial charge in [-0.05, 0) is 36.2 Å². The largest absolute Gasteiger partial charge is 0.385 e. The van der Waals surface area contributed by atoms with E-state index in [1.165, 1.54) is 0 Å². The number of hydrogen-bond donors (Lipinski definition) is 1. The molecular weight excluding hydrogens is 184 g/mol. The third-order valence-electron chi connectivity index (χ3n) is 4.34. The first-order valence-corrected chi connectivity index (χ1v) is 5.95. The Hall–Kier alpha value is -0.300. The Morgan fingerprint density at radius 1 is 1.00 bits per heavy atom. The predicted octanol–water partition coefficient (Wildman–Crippen LogP) is 4.17. The molecular formula is C14H28O. The predicted molar refractivity (Wildman–Crippen MR) is 67.9 cm³/mol. The van der Waals surface area contributed by atoms with E-state index in [-0.39, 0.29) is 10.8 Å². The standard InChI is InChI=1S/C14H28O/c1-9-13(7,10-2)11(3)14(8,15)12(4,5)6/h15H,3,9-10H2,1-2,4-8H3. The molecule has 0 aliphatic rings. The molecule has 0 bridgehead atoms. The zero-order valence-electron chi connectivity index (χ0n) is 11.6. The molecule has 0 aliphatic heterocycles. The maximum Gasteiger partial charge on any atom is 0.0879 e. The van der Waals surface area contributed by atoms with Gasteiger partial charge in [0.05, 0.1) is 5.60 Å². The smallest absolute Gasteiger partial charge is 0.0879 e. The van der Waals surface area contributed by atoms with Gasteiger partial charge >= 0.3 is 0 Å². The van der Waals surface area contributed by atoms with E-state index in [1.807, 2.05) is 6.92 Å². The van der Waals surface area contributed by atoms with Gasteiger partial charge < -0.3 is 5.11 Å². The van der Waals surface area contributed by atoms with Crippen LogP contribution in [0.15, 0.2) is 12.2 Å². The minimum absolute atomic E-state index is 0.0385.